The van der Waals surface area contributed by atoms with Gasteiger partial charge in [-0.05, 0) is 31.8 Å². The molecule has 0 saturated heterocycles. The maximum atomic E-state index is 11.3. The number of aliphatic hydroxyl groups is 2. The molecule has 0 rings (SSSR count). The Balaban J connectivity index is 3.61. The van der Waals surface area contributed by atoms with Gasteiger partial charge in [-0.15, -0.1) is 0 Å². The van der Waals surface area contributed by atoms with Gasteiger partial charge in [-0.25, -0.2) is 0 Å². The van der Waals surface area contributed by atoms with E-state index in [1.807, 2.05) is 12.2 Å². The van der Waals surface area contributed by atoms with Gasteiger partial charge in [0.25, 0.3) is 0 Å². The minimum Gasteiger partial charge on any atom is -0.463 e. The van der Waals surface area contributed by atoms with Crippen molar-refractivity contribution in [1.82, 2.24) is 0 Å². The van der Waals surface area contributed by atoms with Crippen LogP contribution in [0.25, 0.3) is 0 Å². The number of hydrogen-bond acceptors (Lipinski definition) is 4. The number of carbonyl (C=O) groups is 1. The van der Waals surface area contributed by atoms with E-state index in [0.717, 1.165) is 6.42 Å². The Bertz CT molecular complexity index is 466. The Morgan fingerprint density at radius 3 is 2.76 bits per heavy atom. The molecule has 4 heteroatoms. The molecule has 2 N–H and O–H groups in total. The first kappa shape index (κ1) is 23.2. The van der Waals surface area contributed by atoms with Gasteiger partial charge in [0, 0.05) is 12.8 Å². The van der Waals surface area contributed by atoms with E-state index in [2.05, 4.69) is 37.0 Å². The smallest absolute Gasteiger partial charge is 0.305 e. The van der Waals surface area contributed by atoms with Crippen LogP contribution in [0, 0.1) is 11.8 Å². The minimum atomic E-state index is -1.00. The van der Waals surface area contributed by atoms with Crippen molar-refractivity contribution in [3.8, 4) is 11.8 Å². The third-order valence-electron chi connectivity index (χ3n) is 3.27. The largest absolute Gasteiger partial charge is 0.463 e. The first-order chi connectivity index (χ1) is 12.2. The van der Waals surface area contributed by atoms with Gasteiger partial charge in [0.15, 0.2) is 0 Å². The lowest BCUT2D eigenvalue weighted by Crippen LogP contribution is -2.21. The quantitative estimate of drug-likeness (QED) is 0.175. The molecule has 0 aromatic rings. The van der Waals surface area contributed by atoms with Crippen molar-refractivity contribution in [2.45, 2.75) is 64.4 Å². The van der Waals surface area contributed by atoms with Crippen molar-refractivity contribution < 1.29 is 19.7 Å². The molecule has 0 aromatic heterocycles. The molecule has 0 heterocycles. The standard InChI is InChI=1S/C21H32O4/c1-2-3-4-5-6-7-8-9-10-11-12-13-14-15-16-17-21(24)25-19-20(23)18-22/h6-7,9-12,20,22-23H,2-5,8,15-19H2,1H3. The van der Waals surface area contributed by atoms with E-state index < -0.39 is 12.7 Å². The summed E-state index contributed by atoms with van der Waals surface area (Å²) in [4.78, 5) is 11.3. The Morgan fingerprint density at radius 2 is 2.00 bits per heavy atom. The highest BCUT2D eigenvalue weighted by atomic mass is 16.5. The zero-order valence-electron chi connectivity index (χ0n) is 15.3. The van der Waals surface area contributed by atoms with Crippen molar-refractivity contribution in [2.24, 2.45) is 0 Å². The van der Waals surface area contributed by atoms with Gasteiger partial charge in [-0.2, -0.15) is 0 Å². The van der Waals surface area contributed by atoms with Crippen LogP contribution in [0.3, 0.4) is 0 Å². The highest BCUT2D eigenvalue weighted by Crippen LogP contribution is 2.00. The maximum Gasteiger partial charge on any atom is 0.305 e. The Morgan fingerprint density at radius 1 is 1.16 bits per heavy atom. The summed E-state index contributed by atoms with van der Waals surface area (Å²) >= 11 is 0. The summed E-state index contributed by atoms with van der Waals surface area (Å²) in [5.74, 6) is 5.51. The molecule has 0 spiro atoms. The predicted octanol–water partition coefficient (Wildman–Crippen LogP) is 3.70. The lowest BCUT2D eigenvalue weighted by Gasteiger charge is -2.07. The summed E-state index contributed by atoms with van der Waals surface area (Å²) in [7, 11) is 0. The van der Waals surface area contributed by atoms with Crippen molar-refractivity contribution in [3.05, 3.63) is 36.5 Å². The van der Waals surface area contributed by atoms with Crippen molar-refractivity contribution in [3.63, 3.8) is 0 Å². The summed E-state index contributed by atoms with van der Waals surface area (Å²) in [6.45, 7) is 1.64. The molecule has 4 nitrogen and oxygen atoms in total. The third-order valence-corrected chi connectivity index (χ3v) is 3.27. The fraction of sp³-hybridized carbons (Fsp3) is 0.571. The molecule has 0 aliphatic carbocycles. The first-order valence-corrected chi connectivity index (χ1v) is 9.10. The molecular formula is C21H32O4. The lowest BCUT2D eigenvalue weighted by molar-refractivity contribution is -0.147. The van der Waals surface area contributed by atoms with Gasteiger partial charge in [-0.3, -0.25) is 4.79 Å². The fourth-order valence-electron chi connectivity index (χ4n) is 1.83. The van der Waals surface area contributed by atoms with Crippen LogP contribution in [-0.4, -0.2) is 35.5 Å². The molecule has 1 unspecified atom stereocenters. The zero-order valence-corrected chi connectivity index (χ0v) is 15.3. The van der Waals surface area contributed by atoms with E-state index in [1.54, 1.807) is 6.08 Å². The number of ether oxygens (including phenoxy) is 1. The summed E-state index contributed by atoms with van der Waals surface area (Å²) in [6, 6.07) is 0. The number of hydrogen-bond donors (Lipinski definition) is 2. The van der Waals surface area contributed by atoms with Crippen LogP contribution in [0.4, 0.5) is 0 Å². The molecule has 25 heavy (non-hydrogen) atoms. The van der Waals surface area contributed by atoms with Crippen LogP contribution < -0.4 is 0 Å². The number of carbonyl (C=O) groups excluding carboxylic acids is 1. The molecule has 1 atom stereocenters. The predicted molar refractivity (Wildman–Crippen MR) is 102 cm³/mol. The highest BCUT2D eigenvalue weighted by molar-refractivity contribution is 5.69. The van der Waals surface area contributed by atoms with Gasteiger partial charge < -0.3 is 14.9 Å². The molecule has 0 bridgehead atoms. The van der Waals surface area contributed by atoms with Gasteiger partial charge in [0.1, 0.15) is 12.7 Å². The molecule has 0 radical (unpaired) electrons. The Kier molecular flexibility index (Phi) is 17.2. The number of esters is 1. The average Bonchev–Trinajstić information content (AvgIpc) is 2.62. The summed E-state index contributed by atoms with van der Waals surface area (Å²) in [5.41, 5.74) is 0. The van der Waals surface area contributed by atoms with Gasteiger partial charge >= 0.3 is 5.97 Å². The molecule has 0 amide bonds. The topological polar surface area (TPSA) is 66.8 Å². The van der Waals surface area contributed by atoms with E-state index >= 15 is 0 Å². The molecular weight excluding hydrogens is 316 g/mol. The van der Waals surface area contributed by atoms with E-state index in [1.165, 1.54) is 25.7 Å². The SMILES string of the molecule is CCCCCC=CCC=CC=CC#CCCCC(=O)OCC(O)CO. The zero-order chi connectivity index (χ0) is 18.6. The molecule has 140 valence electrons. The van der Waals surface area contributed by atoms with Crippen LogP contribution in [0.5, 0.6) is 0 Å². The maximum absolute atomic E-state index is 11.3. The van der Waals surface area contributed by atoms with Crippen LogP contribution >= 0.6 is 0 Å². The van der Waals surface area contributed by atoms with Crippen molar-refractivity contribution in [1.29, 1.82) is 0 Å². The fourth-order valence-corrected chi connectivity index (χ4v) is 1.83. The second-order valence-electron chi connectivity index (χ2n) is 5.68. The molecule has 0 aliphatic rings. The van der Waals surface area contributed by atoms with E-state index in [-0.39, 0.29) is 19.0 Å². The number of rotatable bonds is 13. The van der Waals surface area contributed by atoms with Gasteiger partial charge in [0.2, 0.25) is 0 Å². The van der Waals surface area contributed by atoms with E-state index in [9.17, 15) is 4.79 Å². The summed E-state index contributed by atoms with van der Waals surface area (Å²) < 4.78 is 4.79. The Hall–Kier alpha value is -1.83. The van der Waals surface area contributed by atoms with Crippen LogP contribution in [0.1, 0.15) is 58.3 Å². The van der Waals surface area contributed by atoms with E-state index in [4.69, 9.17) is 14.9 Å². The second-order valence-corrected chi connectivity index (χ2v) is 5.68. The number of aliphatic hydroxyl groups excluding tert-OH is 2. The van der Waals surface area contributed by atoms with Crippen LogP contribution in [0.2, 0.25) is 0 Å². The molecule has 0 saturated carbocycles. The first-order valence-electron chi connectivity index (χ1n) is 9.10. The second kappa shape index (κ2) is 18.5. The van der Waals surface area contributed by atoms with Crippen molar-refractivity contribution >= 4 is 5.97 Å². The summed E-state index contributed by atoms with van der Waals surface area (Å²) in [6.07, 6.45) is 18.6. The number of unbranched alkanes of at least 4 members (excludes halogenated alkanes) is 4. The third kappa shape index (κ3) is 18.4. The molecule has 0 aromatic carbocycles. The number of allylic oxidation sites excluding steroid dienone is 6. The van der Waals surface area contributed by atoms with E-state index in [0.29, 0.717) is 12.8 Å². The summed E-state index contributed by atoms with van der Waals surface area (Å²) in [5, 5.41) is 17.6. The highest BCUT2D eigenvalue weighted by Gasteiger charge is 2.06. The average molecular weight is 348 g/mol. The van der Waals surface area contributed by atoms with Crippen molar-refractivity contribution in [2.75, 3.05) is 13.2 Å². The van der Waals surface area contributed by atoms with Gasteiger partial charge in [0.05, 0.1) is 6.61 Å². The lowest BCUT2D eigenvalue weighted by atomic mass is 10.2. The van der Waals surface area contributed by atoms with Gasteiger partial charge in [-0.1, -0.05) is 62.0 Å². The Labute approximate surface area is 152 Å². The minimum absolute atomic E-state index is 0.163. The molecule has 0 aliphatic heterocycles. The van der Waals surface area contributed by atoms with Crippen LogP contribution in [0.15, 0.2) is 36.5 Å². The monoisotopic (exact) mass is 348 g/mol. The molecule has 0 fully saturated rings. The van der Waals surface area contributed by atoms with Crippen LogP contribution in [-0.2, 0) is 9.53 Å². The normalized spacial score (nSPS) is 12.6.